The molecule has 16 heavy (non-hydrogen) atoms. The van der Waals surface area contributed by atoms with Gasteiger partial charge in [0, 0.05) is 31.5 Å². The predicted molar refractivity (Wildman–Crippen MR) is 66.8 cm³/mol. The molecule has 0 radical (unpaired) electrons. The topological polar surface area (TPSA) is 29.0 Å². The average Bonchev–Trinajstić information content (AvgIpc) is 2.82. The van der Waals surface area contributed by atoms with E-state index < -0.39 is 0 Å². The molecule has 0 spiro atoms. The van der Waals surface area contributed by atoms with Crippen LogP contribution in [0.25, 0.3) is 0 Å². The molecule has 0 amide bonds. The Hall–Kier alpha value is -0.830. The predicted octanol–water partition coefficient (Wildman–Crippen LogP) is 2.84. The second-order valence-electron chi connectivity index (χ2n) is 4.56. The van der Waals surface area contributed by atoms with E-state index in [1.165, 1.54) is 25.7 Å². The lowest BCUT2D eigenvalue weighted by atomic mass is 10.1. The maximum absolute atomic E-state index is 5.70. The standard InChI is InChI=1S/C12H18ClN3/c1-16(9-10-4-2-3-5-10)12-14-7-11(6-13)8-15-12/h7-8,10H,2-6,9H2,1H3. The van der Waals surface area contributed by atoms with Crippen molar-refractivity contribution in [3.63, 3.8) is 0 Å². The zero-order valence-electron chi connectivity index (χ0n) is 9.69. The molecule has 88 valence electrons. The van der Waals surface area contributed by atoms with Gasteiger partial charge in [0.25, 0.3) is 0 Å². The largest absolute Gasteiger partial charge is 0.344 e. The van der Waals surface area contributed by atoms with Gasteiger partial charge in [-0.25, -0.2) is 9.97 Å². The number of rotatable bonds is 4. The Kier molecular flexibility index (Phi) is 3.99. The molecule has 1 aromatic rings. The van der Waals surface area contributed by atoms with Gasteiger partial charge in [0.1, 0.15) is 0 Å². The quantitative estimate of drug-likeness (QED) is 0.757. The van der Waals surface area contributed by atoms with Crippen LogP contribution in [0.3, 0.4) is 0 Å². The van der Waals surface area contributed by atoms with Gasteiger partial charge in [0.15, 0.2) is 0 Å². The minimum absolute atomic E-state index is 0.479. The highest BCUT2D eigenvalue weighted by Crippen LogP contribution is 2.25. The van der Waals surface area contributed by atoms with E-state index in [9.17, 15) is 0 Å². The van der Waals surface area contributed by atoms with Gasteiger partial charge in [-0.3, -0.25) is 0 Å². The third kappa shape index (κ3) is 2.85. The molecule has 1 aromatic heterocycles. The van der Waals surface area contributed by atoms with Crippen LogP contribution in [-0.4, -0.2) is 23.6 Å². The Morgan fingerprint density at radius 2 is 1.94 bits per heavy atom. The van der Waals surface area contributed by atoms with Gasteiger partial charge in [-0.1, -0.05) is 12.8 Å². The minimum Gasteiger partial charge on any atom is -0.344 e. The molecule has 1 fully saturated rings. The van der Waals surface area contributed by atoms with Crippen molar-refractivity contribution in [3.05, 3.63) is 18.0 Å². The van der Waals surface area contributed by atoms with E-state index in [4.69, 9.17) is 11.6 Å². The van der Waals surface area contributed by atoms with Gasteiger partial charge in [-0.05, 0) is 18.8 Å². The summed E-state index contributed by atoms with van der Waals surface area (Å²) in [5.74, 6) is 2.11. The number of aromatic nitrogens is 2. The van der Waals surface area contributed by atoms with Crippen molar-refractivity contribution in [1.29, 1.82) is 0 Å². The molecule has 3 nitrogen and oxygen atoms in total. The molecule has 2 rings (SSSR count). The summed E-state index contributed by atoms with van der Waals surface area (Å²) >= 11 is 5.70. The Labute approximate surface area is 102 Å². The molecule has 0 atom stereocenters. The van der Waals surface area contributed by atoms with Crippen molar-refractivity contribution in [2.45, 2.75) is 31.6 Å². The molecule has 0 N–H and O–H groups in total. The second kappa shape index (κ2) is 5.48. The lowest BCUT2D eigenvalue weighted by molar-refractivity contribution is 0.542. The lowest BCUT2D eigenvalue weighted by Gasteiger charge is -2.20. The van der Waals surface area contributed by atoms with Gasteiger partial charge < -0.3 is 4.90 Å². The monoisotopic (exact) mass is 239 g/mol. The molecule has 4 heteroatoms. The van der Waals surface area contributed by atoms with Crippen molar-refractivity contribution in [2.24, 2.45) is 5.92 Å². The van der Waals surface area contributed by atoms with Crippen LogP contribution in [0.4, 0.5) is 5.95 Å². The number of hydrogen-bond acceptors (Lipinski definition) is 3. The van der Waals surface area contributed by atoms with E-state index in [-0.39, 0.29) is 0 Å². The van der Waals surface area contributed by atoms with Crippen molar-refractivity contribution in [3.8, 4) is 0 Å². The summed E-state index contributed by atoms with van der Waals surface area (Å²) in [5, 5.41) is 0. The fraction of sp³-hybridized carbons (Fsp3) is 0.667. The molecule has 0 saturated heterocycles. The first-order chi connectivity index (χ1) is 7.79. The van der Waals surface area contributed by atoms with Crippen LogP contribution in [0.1, 0.15) is 31.2 Å². The molecule has 1 aliphatic carbocycles. The molecular weight excluding hydrogens is 222 g/mol. The van der Waals surface area contributed by atoms with E-state index in [0.29, 0.717) is 5.88 Å². The normalized spacial score (nSPS) is 16.6. The van der Waals surface area contributed by atoms with Crippen molar-refractivity contribution < 1.29 is 0 Å². The van der Waals surface area contributed by atoms with Gasteiger partial charge in [-0.2, -0.15) is 0 Å². The van der Waals surface area contributed by atoms with Crippen molar-refractivity contribution in [2.75, 3.05) is 18.5 Å². The summed E-state index contributed by atoms with van der Waals surface area (Å²) in [6.45, 7) is 1.07. The molecule has 0 unspecified atom stereocenters. The fourth-order valence-corrected chi connectivity index (χ4v) is 2.41. The summed E-state index contributed by atoms with van der Waals surface area (Å²) in [7, 11) is 2.06. The second-order valence-corrected chi connectivity index (χ2v) is 4.82. The Morgan fingerprint density at radius 3 is 2.50 bits per heavy atom. The summed E-state index contributed by atoms with van der Waals surface area (Å²) < 4.78 is 0. The number of hydrogen-bond donors (Lipinski definition) is 0. The third-order valence-corrected chi connectivity index (χ3v) is 3.50. The number of anilines is 1. The highest BCUT2D eigenvalue weighted by molar-refractivity contribution is 6.17. The summed E-state index contributed by atoms with van der Waals surface area (Å²) in [5.41, 5.74) is 0.972. The summed E-state index contributed by atoms with van der Waals surface area (Å²) in [6, 6.07) is 0. The number of halogens is 1. The Morgan fingerprint density at radius 1 is 1.31 bits per heavy atom. The van der Waals surface area contributed by atoms with Crippen LogP contribution >= 0.6 is 11.6 Å². The minimum atomic E-state index is 0.479. The van der Waals surface area contributed by atoms with Crippen LogP contribution in [0.2, 0.25) is 0 Å². The van der Waals surface area contributed by atoms with Crippen LogP contribution in [0.15, 0.2) is 12.4 Å². The highest BCUT2D eigenvalue weighted by Gasteiger charge is 2.17. The molecule has 1 aliphatic rings. The third-order valence-electron chi connectivity index (χ3n) is 3.19. The molecule has 0 aromatic carbocycles. The zero-order chi connectivity index (χ0) is 11.4. The Balaban J connectivity index is 1.94. The van der Waals surface area contributed by atoms with Crippen LogP contribution in [0, 0.1) is 5.92 Å². The van der Waals surface area contributed by atoms with Crippen LogP contribution in [0.5, 0.6) is 0 Å². The van der Waals surface area contributed by atoms with Gasteiger partial charge >= 0.3 is 0 Å². The highest BCUT2D eigenvalue weighted by atomic mass is 35.5. The van der Waals surface area contributed by atoms with E-state index in [0.717, 1.165) is 24.0 Å². The zero-order valence-corrected chi connectivity index (χ0v) is 10.5. The first-order valence-corrected chi connectivity index (χ1v) is 6.41. The van der Waals surface area contributed by atoms with Crippen LogP contribution in [-0.2, 0) is 5.88 Å². The molecule has 1 heterocycles. The molecule has 1 saturated carbocycles. The van der Waals surface area contributed by atoms with Gasteiger partial charge in [0.2, 0.25) is 5.95 Å². The summed E-state index contributed by atoms with van der Waals surface area (Å²) in [6.07, 6.45) is 9.07. The van der Waals surface area contributed by atoms with E-state index in [2.05, 4.69) is 21.9 Å². The van der Waals surface area contributed by atoms with Crippen molar-refractivity contribution in [1.82, 2.24) is 9.97 Å². The Bertz CT molecular complexity index is 320. The lowest BCUT2D eigenvalue weighted by Crippen LogP contribution is -2.25. The maximum Gasteiger partial charge on any atom is 0.225 e. The smallest absolute Gasteiger partial charge is 0.225 e. The molecule has 0 aliphatic heterocycles. The average molecular weight is 240 g/mol. The van der Waals surface area contributed by atoms with E-state index in [1.807, 2.05) is 0 Å². The maximum atomic E-state index is 5.70. The van der Waals surface area contributed by atoms with E-state index >= 15 is 0 Å². The number of nitrogens with zero attached hydrogens (tertiary/aromatic N) is 3. The molecule has 0 bridgehead atoms. The fourth-order valence-electron chi connectivity index (χ4n) is 2.28. The van der Waals surface area contributed by atoms with Crippen molar-refractivity contribution >= 4 is 17.5 Å². The SMILES string of the molecule is CN(CC1CCCC1)c1ncc(CCl)cn1. The first kappa shape index (κ1) is 11.6. The van der Waals surface area contributed by atoms with E-state index in [1.54, 1.807) is 12.4 Å². The summed E-state index contributed by atoms with van der Waals surface area (Å²) in [4.78, 5) is 10.8. The van der Waals surface area contributed by atoms with Gasteiger partial charge in [0.05, 0.1) is 5.88 Å². The first-order valence-electron chi connectivity index (χ1n) is 5.87. The van der Waals surface area contributed by atoms with Crippen LogP contribution < -0.4 is 4.90 Å². The number of alkyl halides is 1. The van der Waals surface area contributed by atoms with Gasteiger partial charge in [-0.15, -0.1) is 11.6 Å². The molecular formula is C12H18ClN3.